The number of pyridine rings is 1. The second-order valence-electron chi connectivity index (χ2n) is 9.78. The third-order valence-corrected chi connectivity index (χ3v) is 7.06. The first-order chi connectivity index (χ1) is 16.9. The van der Waals surface area contributed by atoms with Gasteiger partial charge in [-0.25, -0.2) is 0 Å². The molecule has 198 valence electrons. The molecule has 0 bridgehead atoms. The van der Waals surface area contributed by atoms with Crippen LogP contribution in [0, 0.1) is 11.8 Å². The summed E-state index contributed by atoms with van der Waals surface area (Å²) in [5, 5.41) is 8.91. The smallest absolute Gasteiger partial charge is 0.420 e. The van der Waals surface area contributed by atoms with Gasteiger partial charge in [0.1, 0.15) is 11.3 Å². The first kappa shape index (κ1) is 26.5. The van der Waals surface area contributed by atoms with Crippen molar-refractivity contribution in [2.24, 2.45) is 11.8 Å². The number of ether oxygens (including phenoxy) is 1. The number of benzene rings is 1. The van der Waals surface area contributed by atoms with Gasteiger partial charge in [0.25, 0.3) is 0 Å². The fourth-order valence-corrected chi connectivity index (χ4v) is 5.33. The van der Waals surface area contributed by atoms with Crippen molar-refractivity contribution >= 4 is 16.9 Å². The van der Waals surface area contributed by atoms with Gasteiger partial charge in [0.05, 0.1) is 23.2 Å². The van der Waals surface area contributed by atoms with E-state index in [2.05, 4.69) is 9.88 Å². The van der Waals surface area contributed by atoms with Crippen LogP contribution in [-0.4, -0.2) is 46.3 Å². The summed E-state index contributed by atoms with van der Waals surface area (Å²) in [6.45, 7) is 1.74. The number of likely N-dealkylation sites (tertiary alicyclic amines) is 1. The number of hydrogen-bond donors (Lipinski definition) is 1. The highest BCUT2D eigenvalue weighted by Gasteiger charge is 2.43. The van der Waals surface area contributed by atoms with Crippen molar-refractivity contribution < 1.29 is 41.0 Å². The Balaban J connectivity index is 1.51. The Bertz CT molecular complexity index is 1080. The second kappa shape index (κ2) is 10.4. The zero-order valence-electron chi connectivity index (χ0n) is 19.5. The quantitative estimate of drug-likeness (QED) is 0.446. The van der Waals surface area contributed by atoms with E-state index in [0.717, 1.165) is 19.4 Å². The van der Waals surface area contributed by atoms with E-state index in [-0.39, 0.29) is 48.9 Å². The van der Waals surface area contributed by atoms with Crippen LogP contribution >= 0.6 is 0 Å². The standard InChI is InChI=1S/C25H28F6N2O3/c26-24(27,28)16-3-6-18(7-4-16)36-21-10-9-20-19(23(21)25(29,30)31)8-5-17(32-20)14-33-11-1-2-15(13-33)12-22(34)35/h5,8-10,15-16,18H,1-4,6-7,11-14H2,(H,34,35)/t15-,16-,18+/m1/s1. The summed E-state index contributed by atoms with van der Waals surface area (Å²) in [6.07, 6.45) is -8.28. The molecule has 4 rings (SSSR count). The number of aromatic nitrogens is 1. The highest BCUT2D eigenvalue weighted by Crippen LogP contribution is 2.43. The van der Waals surface area contributed by atoms with E-state index >= 15 is 0 Å². The van der Waals surface area contributed by atoms with Gasteiger partial charge in [-0.3, -0.25) is 14.7 Å². The Morgan fingerprint density at radius 3 is 2.39 bits per heavy atom. The van der Waals surface area contributed by atoms with Gasteiger partial charge in [-0.15, -0.1) is 0 Å². The van der Waals surface area contributed by atoms with Crippen molar-refractivity contribution in [3.63, 3.8) is 0 Å². The molecule has 0 radical (unpaired) electrons. The molecule has 1 atom stereocenters. The molecule has 1 N–H and O–H groups in total. The van der Waals surface area contributed by atoms with Crippen LogP contribution in [0.25, 0.3) is 10.9 Å². The van der Waals surface area contributed by atoms with Crippen LogP contribution in [0.2, 0.25) is 0 Å². The fourth-order valence-electron chi connectivity index (χ4n) is 5.33. The number of nitrogens with zero attached hydrogens (tertiary/aromatic N) is 2. The van der Waals surface area contributed by atoms with Crippen molar-refractivity contribution in [1.29, 1.82) is 0 Å². The lowest BCUT2D eigenvalue weighted by Crippen LogP contribution is -2.36. The molecule has 5 nitrogen and oxygen atoms in total. The maximum atomic E-state index is 14.1. The maximum Gasteiger partial charge on any atom is 0.420 e. The summed E-state index contributed by atoms with van der Waals surface area (Å²) < 4.78 is 86.5. The lowest BCUT2D eigenvalue weighted by atomic mass is 9.87. The van der Waals surface area contributed by atoms with Gasteiger partial charge in [0.2, 0.25) is 0 Å². The molecule has 1 aliphatic carbocycles. The number of hydrogen-bond acceptors (Lipinski definition) is 4. The fraction of sp³-hybridized carbons (Fsp3) is 0.600. The average Bonchev–Trinajstić information content (AvgIpc) is 2.78. The number of fused-ring (bicyclic) bond motifs is 1. The number of aliphatic carboxylic acids is 1. The van der Waals surface area contributed by atoms with Gasteiger partial charge in [-0.05, 0) is 69.2 Å². The zero-order chi connectivity index (χ0) is 26.1. The predicted octanol–water partition coefficient (Wildman–Crippen LogP) is 6.44. The van der Waals surface area contributed by atoms with E-state index in [1.807, 2.05) is 0 Å². The molecule has 2 heterocycles. The normalized spacial score (nSPS) is 24.1. The van der Waals surface area contributed by atoms with E-state index in [9.17, 15) is 31.1 Å². The van der Waals surface area contributed by atoms with Gasteiger partial charge in [0, 0.05) is 24.9 Å². The van der Waals surface area contributed by atoms with Crippen molar-refractivity contribution in [2.75, 3.05) is 13.1 Å². The number of rotatable bonds is 6. The van der Waals surface area contributed by atoms with E-state index in [1.165, 1.54) is 24.3 Å². The SMILES string of the molecule is O=C(O)C[C@H]1CCCN(Cc2ccc3c(C(F)(F)F)c(O[C@H]4CC[C@@H](C(F)(F)F)CC4)ccc3n2)C1. The molecule has 1 aromatic heterocycles. The minimum Gasteiger partial charge on any atom is -0.490 e. The molecular weight excluding hydrogens is 490 g/mol. The van der Waals surface area contributed by atoms with Crippen LogP contribution in [0.5, 0.6) is 5.75 Å². The second-order valence-corrected chi connectivity index (χ2v) is 9.78. The van der Waals surface area contributed by atoms with E-state index in [4.69, 9.17) is 9.84 Å². The Morgan fingerprint density at radius 2 is 1.75 bits per heavy atom. The molecule has 0 amide bonds. The van der Waals surface area contributed by atoms with Crippen molar-refractivity contribution in [2.45, 2.75) is 69.9 Å². The number of halogens is 6. The van der Waals surface area contributed by atoms with Gasteiger partial charge in [-0.2, -0.15) is 26.3 Å². The van der Waals surface area contributed by atoms with Crippen molar-refractivity contribution in [3.05, 3.63) is 35.5 Å². The lowest BCUT2D eigenvalue weighted by Gasteiger charge is -2.32. The van der Waals surface area contributed by atoms with Crippen LogP contribution < -0.4 is 4.74 Å². The number of alkyl halides is 6. The van der Waals surface area contributed by atoms with Gasteiger partial charge in [-0.1, -0.05) is 6.07 Å². The van der Waals surface area contributed by atoms with Crippen LogP contribution in [0.15, 0.2) is 24.3 Å². The monoisotopic (exact) mass is 518 g/mol. The molecule has 1 saturated carbocycles. The van der Waals surface area contributed by atoms with E-state index in [0.29, 0.717) is 18.8 Å². The first-order valence-electron chi connectivity index (χ1n) is 12.1. The summed E-state index contributed by atoms with van der Waals surface area (Å²) >= 11 is 0. The summed E-state index contributed by atoms with van der Waals surface area (Å²) in [5.74, 6) is -2.67. The molecule has 1 saturated heterocycles. The van der Waals surface area contributed by atoms with Crippen molar-refractivity contribution in [1.82, 2.24) is 9.88 Å². The minimum atomic E-state index is -4.74. The largest absolute Gasteiger partial charge is 0.490 e. The molecule has 2 aromatic rings. The molecule has 2 aliphatic rings. The maximum absolute atomic E-state index is 14.1. The molecule has 36 heavy (non-hydrogen) atoms. The third-order valence-electron chi connectivity index (χ3n) is 7.06. The van der Waals surface area contributed by atoms with Crippen molar-refractivity contribution in [3.8, 4) is 5.75 Å². The predicted molar refractivity (Wildman–Crippen MR) is 119 cm³/mol. The molecule has 1 aromatic carbocycles. The highest BCUT2D eigenvalue weighted by atomic mass is 19.4. The average molecular weight is 518 g/mol. The van der Waals surface area contributed by atoms with E-state index in [1.54, 1.807) is 0 Å². The lowest BCUT2D eigenvalue weighted by molar-refractivity contribution is -0.185. The summed E-state index contributed by atoms with van der Waals surface area (Å²) in [7, 11) is 0. The molecule has 0 spiro atoms. The van der Waals surface area contributed by atoms with Crippen LogP contribution in [0.1, 0.15) is 56.2 Å². The van der Waals surface area contributed by atoms with Crippen LogP contribution in [0.3, 0.4) is 0 Å². The van der Waals surface area contributed by atoms with Gasteiger partial charge < -0.3 is 9.84 Å². The Morgan fingerprint density at radius 1 is 1.03 bits per heavy atom. The van der Waals surface area contributed by atoms with Gasteiger partial charge >= 0.3 is 18.3 Å². The number of carboxylic acid groups (broad SMARTS) is 1. The topological polar surface area (TPSA) is 62.7 Å². The molecular formula is C25H28F6N2O3. The number of carboxylic acids is 1. The van der Waals surface area contributed by atoms with Gasteiger partial charge in [0.15, 0.2) is 0 Å². The third kappa shape index (κ3) is 6.41. The molecule has 11 heteroatoms. The number of piperidine rings is 1. The first-order valence-corrected chi connectivity index (χ1v) is 12.1. The molecule has 2 fully saturated rings. The molecule has 1 aliphatic heterocycles. The Labute approximate surface area is 204 Å². The number of carbonyl (C=O) groups is 1. The summed E-state index contributed by atoms with van der Waals surface area (Å²) in [6, 6.07) is 5.51. The Hall–Kier alpha value is -2.56. The summed E-state index contributed by atoms with van der Waals surface area (Å²) in [4.78, 5) is 17.5. The highest BCUT2D eigenvalue weighted by molar-refractivity contribution is 5.85. The Kier molecular flexibility index (Phi) is 7.68. The zero-order valence-corrected chi connectivity index (χ0v) is 19.5. The molecule has 0 unspecified atom stereocenters. The van der Waals surface area contributed by atoms with E-state index < -0.39 is 41.7 Å². The summed E-state index contributed by atoms with van der Waals surface area (Å²) in [5.41, 5.74) is -0.255. The van der Waals surface area contributed by atoms with Crippen LogP contribution in [-0.2, 0) is 17.5 Å². The minimum absolute atomic E-state index is 0.0273. The van der Waals surface area contributed by atoms with Crippen LogP contribution in [0.4, 0.5) is 26.3 Å².